The van der Waals surface area contributed by atoms with Gasteiger partial charge in [-0.2, -0.15) is 0 Å². The summed E-state index contributed by atoms with van der Waals surface area (Å²) in [4.78, 5) is 6.99. The van der Waals surface area contributed by atoms with Gasteiger partial charge in [0.25, 0.3) is 0 Å². The lowest BCUT2D eigenvalue weighted by Crippen LogP contribution is -2.35. The lowest BCUT2D eigenvalue weighted by Gasteiger charge is -2.33. The van der Waals surface area contributed by atoms with Gasteiger partial charge in [0, 0.05) is 13.1 Å². The van der Waals surface area contributed by atoms with E-state index in [1.165, 1.54) is 24.8 Å². The van der Waals surface area contributed by atoms with Crippen molar-refractivity contribution in [3.05, 3.63) is 53.7 Å². The minimum atomic E-state index is 0.776. The summed E-state index contributed by atoms with van der Waals surface area (Å²) < 4.78 is 0. The van der Waals surface area contributed by atoms with Gasteiger partial charge in [-0.1, -0.05) is 30.3 Å². The molecule has 0 saturated carbocycles. The van der Waals surface area contributed by atoms with Crippen LogP contribution in [0.5, 0.6) is 0 Å². The number of hydrogen-bond donors (Lipinski definition) is 1. The first-order valence-electron chi connectivity index (χ1n) is 7.74. The molecule has 110 valence electrons. The molecule has 2 heterocycles. The van der Waals surface area contributed by atoms with E-state index in [0.29, 0.717) is 0 Å². The van der Waals surface area contributed by atoms with Gasteiger partial charge in [0.15, 0.2) is 0 Å². The van der Waals surface area contributed by atoms with Gasteiger partial charge >= 0.3 is 0 Å². The van der Waals surface area contributed by atoms with Gasteiger partial charge in [0.1, 0.15) is 5.82 Å². The number of nitrogen functional groups attached to an aromatic ring is 1. The monoisotopic (exact) mass is 281 g/mol. The topological polar surface area (TPSA) is 42.2 Å². The van der Waals surface area contributed by atoms with Crippen LogP contribution in [0, 0.1) is 12.8 Å². The second kappa shape index (κ2) is 6.17. The zero-order valence-corrected chi connectivity index (χ0v) is 12.6. The molecule has 2 N–H and O–H groups in total. The Labute approximate surface area is 126 Å². The van der Waals surface area contributed by atoms with Crippen LogP contribution in [-0.4, -0.2) is 18.1 Å². The molecule has 0 aliphatic carbocycles. The summed E-state index contributed by atoms with van der Waals surface area (Å²) in [6, 6.07) is 14.8. The van der Waals surface area contributed by atoms with Crippen molar-refractivity contribution in [2.24, 2.45) is 5.92 Å². The third-order valence-corrected chi connectivity index (χ3v) is 4.42. The molecule has 3 heteroatoms. The van der Waals surface area contributed by atoms with E-state index < -0.39 is 0 Å². The number of rotatable bonds is 3. The lowest BCUT2D eigenvalue weighted by atomic mass is 9.90. The van der Waals surface area contributed by atoms with E-state index in [1.54, 1.807) is 0 Å². The van der Waals surface area contributed by atoms with E-state index in [0.717, 1.165) is 36.2 Å². The van der Waals surface area contributed by atoms with Crippen LogP contribution in [0.15, 0.2) is 42.5 Å². The number of pyridine rings is 1. The van der Waals surface area contributed by atoms with E-state index in [2.05, 4.69) is 40.2 Å². The quantitative estimate of drug-likeness (QED) is 0.937. The Morgan fingerprint density at radius 3 is 2.48 bits per heavy atom. The van der Waals surface area contributed by atoms with Crippen molar-refractivity contribution >= 4 is 11.5 Å². The van der Waals surface area contributed by atoms with E-state index in [4.69, 9.17) is 5.73 Å². The maximum atomic E-state index is 5.85. The highest BCUT2D eigenvalue weighted by atomic mass is 15.2. The number of nitrogens with two attached hydrogens (primary N) is 1. The number of benzene rings is 1. The fourth-order valence-electron chi connectivity index (χ4n) is 3.05. The van der Waals surface area contributed by atoms with Crippen LogP contribution in [0.25, 0.3) is 0 Å². The second-order valence-electron chi connectivity index (χ2n) is 5.96. The van der Waals surface area contributed by atoms with Crippen LogP contribution in [0.4, 0.5) is 11.5 Å². The normalized spacial score (nSPS) is 16.1. The van der Waals surface area contributed by atoms with Gasteiger partial charge in [0.2, 0.25) is 0 Å². The van der Waals surface area contributed by atoms with E-state index >= 15 is 0 Å². The second-order valence-corrected chi connectivity index (χ2v) is 5.96. The van der Waals surface area contributed by atoms with Crippen molar-refractivity contribution in [2.75, 3.05) is 23.7 Å². The molecule has 2 aromatic rings. The SMILES string of the molecule is Cc1nc(N2CCC(Cc3ccccc3)CC2)ccc1N. The summed E-state index contributed by atoms with van der Waals surface area (Å²) in [7, 11) is 0. The highest BCUT2D eigenvalue weighted by molar-refractivity contribution is 5.50. The summed E-state index contributed by atoms with van der Waals surface area (Å²) >= 11 is 0. The van der Waals surface area contributed by atoms with Gasteiger partial charge < -0.3 is 10.6 Å². The van der Waals surface area contributed by atoms with Gasteiger partial charge in [0.05, 0.1) is 11.4 Å². The fraction of sp³-hybridized carbons (Fsp3) is 0.389. The maximum Gasteiger partial charge on any atom is 0.128 e. The minimum Gasteiger partial charge on any atom is -0.397 e. The van der Waals surface area contributed by atoms with Gasteiger partial charge in [-0.05, 0) is 49.8 Å². The third kappa shape index (κ3) is 3.35. The maximum absolute atomic E-state index is 5.85. The molecule has 0 spiro atoms. The molecule has 0 bridgehead atoms. The smallest absolute Gasteiger partial charge is 0.128 e. The number of nitrogens with zero attached hydrogens (tertiary/aromatic N) is 2. The summed E-state index contributed by atoms with van der Waals surface area (Å²) in [6.07, 6.45) is 3.67. The molecule has 3 rings (SSSR count). The first-order chi connectivity index (χ1) is 10.2. The van der Waals surface area contributed by atoms with Gasteiger partial charge in [-0.3, -0.25) is 0 Å². The molecule has 1 aliphatic rings. The molecule has 0 amide bonds. The van der Waals surface area contributed by atoms with E-state index in [9.17, 15) is 0 Å². The lowest BCUT2D eigenvalue weighted by molar-refractivity contribution is 0.402. The average Bonchev–Trinajstić information content (AvgIpc) is 2.52. The molecule has 21 heavy (non-hydrogen) atoms. The molecule has 3 nitrogen and oxygen atoms in total. The molecule has 0 radical (unpaired) electrons. The molecular weight excluding hydrogens is 258 g/mol. The molecule has 1 fully saturated rings. The van der Waals surface area contributed by atoms with Crippen LogP contribution < -0.4 is 10.6 Å². The first kappa shape index (κ1) is 13.9. The zero-order valence-electron chi connectivity index (χ0n) is 12.6. The van der Waals surface area contributed by atoms with Gasteiger partial charge in [-0.15, -0.1) is 0 Å². The van der Waals surface area contributed by atoms with Crippen molar-refractivity contribution in [3.8, 4) is 0 Å². The Kier molecular flexibility index (Phi) is 4.09. The number of hydrogen-bond acceptors (Lipinski definition) is 3. The van der Waals surface area contributed by atoms with Crippen molar-refractivity contribution in [2.45, 2.75) is 26.2 Å². The Bertz CT molecular complexity index is 587. The van der Waals surface area contributed by atoms with Crippen molar-refractivity contribution in [1.82, 2.24) is 4.98 Å². The highest BCUT2D eigenvalue weighted by Crippen LogP contribution is 2.25. The predicted molar refractivity (Wildman–Crippen MR) is 88.5 cm³/mol. The van der Waals surface area contributed by atoms with Crippen LogP contribution in [0.3, 0.4) is 0 Å². The predicted octanol–water partition coefficient (Wildman–Crippen LogP) is 3.43. The Morgan fingerprint density at radius 2 is 1.81 bits per heavy atom. The number of aromatic nitrogens is 1. The Balaban J connectivity index is 1.58. The molecule has 0 atom stereocenters. The summed E-state index contributed by atoms with van der Waals surface area (Å²) in [6.45, 7) is 4.16. The fourth-order valence-corrected chi connectivity index (χ4v) is 3.05. The zero-order chi connectivity index (χ0) is 14.7. The number of anilines is 2. The van der Waals surface area contributed by atoms with Crippen molar-refractivity contribution in [3.63, 3.8) is 0 Å². The van der Waals surface area contributed by atoms with Crippen molar-refractivity contribution in [1.29, 1.82) is 0 Å². The highest BCUT2D eigenvalue weighted by Gasteiger charge is 2.20. The molecule has 1 saturated heterocycles. The van der Waals surface area contributed by atoms with E-state index in [1.807, 2.05) is 19.1 Å². The number of aryl methyl sites for hydroxylation is 1. The Hall–Kier alpha value is -2.03. The summed E-state index contributed by atoms with van der Waals surface area (Å²) in [5, 5.41) is 0. The van der Waals surface area contributed by atoms with E-state index in [-0.39, 0.29) is 0 Å². The first-order valence-corrected chi connectivity index (χ1v) is 7.74. The van der Waals surface area contributed by atoms with Crippen LogP contribution in [-0.2, 0) is 6.42 Å². The molecule has 1 aliphatic heterocycles. The van der Waals surface area contributed by atoms with Crippen LogP contribution in [0.2, 0.25) is 0 Å². The molecule has 0 unspecified atom stereocenters. The van der Waals surface area contributed by atoms with Gasteiger partial charge in [-0.25, -0.2) is 4.98 Å². The molecule has 1 aromatic carbocycles. The van der Waals surface area contributed by atoms with Crippen LogP contribution in [0.1, 0.15) is 24.1 Å². The third-order valence-electron chi connectivity index (χ3n) is 4.42. The molecular formula is C18H23N3. The summed E-state index contributed by atoms with van der Waals surface area (Å²) in [5.41, 5.74) is 9.01. The molecule has 1 aromatic heterocycles. The Morgan fingerprint density at radius 1 is 1.10 bits per heavy atom. The summed E-state index contributed by atoms with van der Waals surface area (Å²) in [5.74, 6) is 1.86. The average molecular weight is 281 g/mol. The minimum absolute atomic E-state index is 0.776. The van der Waals surface area contributed by atoms with Crippen molar-refractivity contribution < 1.29 is 0 Å². The standard InChI is InChI=1S/C18H23N3/c1-14-17(19)7-8-18(20-14)21-11-9-16(10-12-21)13-15-5-3-2-4-6-15/h2-8,16H,9-13,19H2,1H3. The number of piperidine rings is 1. The largest absolute Gasteiger partial charge is 0.397 e. The van der Waals surface area contributed by atoms with Crippen LogP contribution >= 0.6 is 0 Å².